The number of hydrogen-bond acceptors (Lipinski definition) is 2. The minimum Gasteiger partial charge on any atom is -0.346 e. The van der Waals surface area contributed by atoms with E-state index in [9.17, 15) is 9.59 Å². The summed E-state index contributed by atoms with van der Waals surface area (Å²) in [4.78, 5) is 22.3. The van der Waals surface area contributed by atoms with E-state index in [1.807, 2.05) is 0 Å². The van der Waals surface area contributed by atoms with Crippen molar-refractivity contribution in [3.63, 3.8) is 0 Å². The minimum atomic E-state index is -0.161. The first-order valence-electron chi connectivity index (χ1n) is 5.58. The van der Waals surface area contributed by atoms with Gasteiger partial charge in [-0.3, -0.25) is 9.59 Å². The smallest absolute Gasteiger partial charge is 0.228 e. The van der Waals surface area contributed by atoms with Crippen molar-refractivity contribution < 1.29 is 9.59 Å². The highest BCUT2D eigenvalue weighted by atomic mass is 16.2. The third-order valence-corrected chi connectivity index (χ3v) is 3.35. The number of hydrogen-bond donors (Lipinski definition) is 1. The van der Waals surface area contributed by atoms with Gasteiger partial charge in [-0.1, -0.05) is 32.1 Å². The monoisotopic (exact) mass is 195 g/mol. The zero-order valence-corrected chi connectivity index (χ0v) is 8.42. The molecule has 2 rings (SSSR count). The molecule has 1 N–H and O–H groups in total. The predicted molar refractivity (Wildman–Crippen MR) is 52.7 cm³/mol. The Morgan fingerprint density at radius 3 is 2.43 bits per heavy atom. The Morgan fingerprint density at radius 1 is 1.14 bits per heavy atom. The molecule has 1 heterocycles. The minimum absolute atomic E-state index is 0.0872. The van der Waals surface area contributed by atoms with Crippen LogP contribution in [0.25, 0.3) is 0 Å². The number of amides is 1. The van der Waals surface area contributed by atoms with Crippen molar-refractivity contribution in [2.75, 3.05) is 0 Å². The standard InChI is InChI=1S/C11H17NO2/c13-10-7-11(14)12-9(10)6-8-4-2-1-3-5-8/h8-9H,1-7H2,(H,12,14)/t9-/m0/s1. The highest BCUT2D eigenvalue weighted by molar-refractivity contribution is 6.07. The van der Waals surface area contributed by atoms with Crippen LogP contribution in [-0.4, -0.2) is 17.7 Å². The summed E-state index contributed by atoms with van der Waals surface area (Å²) in [7, 11) is 0. The zero-order valence-electron chi connectivity index (χ0n) is 8.42. The third kappa shape index (κ3) is 2.14. The molecule has 1 amide bonds. The molecule has 2 aliphatic rings. The maximum atomic E-state index is 11.4. The van der Waals surface area contributed by atoms with Crippen LogP contribution in [-0.2, 0) is 9.59 Å². The summed E-state index contributed by atoms with van der Waals surface area (Å²) in [6.07, 6.45) is 7.38. The molecule has 3 heteroatoms. The lowest BCUT2D eigenvalue weighted by Crippen LogP contribution is -2.31. The lowest BCUT2D eigenvalue weighted by molar-refractivity contribution is -0.122. The number of nitrogens with one attached hydrogen (secondary N) is 1. The van der Waals surface area contributed by atoms with E-state index in [1.165, 1.54) is 32.1 Å². The van der Waals surface area contributed by atoms with Crippen LogP contribution in [0.1, 0.15) is 44.9 Å². The van der Waals surface area contributed by atoms with Crippen LogP contribution < -0.4 is 5.32 Å². The second-order valence-corrected chi connectivity index (χ2v) is 4.50. The average molecular weight is 195 g/mol. The maximum absolute atomic E-state index is 11.4. The van der Waals surface area contributed by atoms with Gasteiger partial charge < -0.3 is 5.32 Å². The molecule has 0 aromatic rings. The van der Waals surface area contributed by atoms with E-state index in [0.29, 0.717) is 5.92 Å². The Morgan fingerprint density at radius 2 is 1.86 bits per heavy atom. The van der Waals surface area contributed by atoms with E-state index in [-0.39, 0.29) is 24.2 Å². The Kier molecular flexibility index (Phi) is 2.85. The molecule has 1 aliphatic heterocycles. The van der Waals surface area contributed by atoms with Crippen LogP contribution in [0.2, 0.25) is 0 Å². The summed E-state index contributed by atoms with van der Waals surface area (Å²) >= 11 is 0. The predicted octanol–water partition coefficient (Wildman–Crippen LogP) is 1.41. The van der Waals surface area contributed by atoms with Gasteiger partial charge in [-0.25, -0.2) is 0 Å². The van der Waals surface area contributed by atoms with E-state index < -0.39 is 0 Å². The summed E-state index contributed by atoms with van der Waals surface area (Å²) in [5, 5.41) is 2.76. The zero-order chi connectivity index (χ0) is 9.97. The Labute approximate surface area is 84.2 Å². The Balaban J connectivity index is 1.84. The molecule has 0 spiro atoms. The first kappa shape index (κ1) is 9.69. The largest absolute Gasteiger partial charge is 0.346 e. The molecule has 0 radical (unpaired) electrons. The van der Waals surface area contributed by atoms with E-state index >= 15 is 0 Å². The fourth-order valence-corrected chi connectivity index (χ4v) is 2.55. The van der Waals surface area contributed by atoms with Gasteiger partial charge in [-0.15, -0.1) is 0 Å². The van der Waals surface area contributed by atoms with Crippen molar-refractivity contribution >= 4 is 11.7 Å². The average Bonchev–Trinajstić information content (AvgIpc) is 2.47. The third-order valence-electron chi connectivity index (χ3n) is 3.35. The Hall–Kier alpha value is -0.860. The van der Waals surface area contributed by atoms with Crippen molar-refractivity contribution in [2.45, 2.75) is 51.0 Å². The number of carbonyl (C=O) groups is 2. The van der Waals surface area contributed by atoms with Gasteiger partial charge in [-0.05, 0) is 12.3 Å². The molecule has 0 aromatic carbocycles. The van der Waals surface area contributed by atoms with Gasteiger partial charge in [-0.2, -0.15) is 0 Å². The van der Waals surface area contributed by atoms with Crippen LogP contribution in [0.4, 0.5) is 0 Å². The molecule has 1 atom stereocenters. The van der Waals surface area contributed by atoms with E-state index in [4.69, 9.17) is 0 Å². The van der Waals surface area contributed by atoms with Crippen molar-refractivity contribution in [1.29, 1.82) is 0 Å². The molecule has 3 nitrogen and oxygen atoms in total. The summed E-state index contributed by atoms with van der Waals surface area (Å²) in [6.45, 7) is 0. The van der Waals surface area contributed by atoms with Gasteiger partial charge in [0, 0.05) is 0 Å². The van der Waals surface area contributed by atoms with Crippen LogP contribution in [0.3, 0.4) is 0 Å². The highest BCUT2D eigenvalue weighted by Gasteiger charge is 2.31. The lowest BCUT2D eigenvalue weighted by atomic mass is 9.84. The molecular weight excluding hydrogens is 178 g/mol. The van der Waals surface area contributed by atoms with E-state index in [2.05, 4.69) is 5.32 Å². The Bertz CT molecular complexity index is 244. The quantitative estimate of drug-likeness (QED) is 0.677. The molecule has 0 aromatic heterocycles. The van der Waals surface area contributed by atoms with Crippen molar-refractivity contribution in [3.8, 4) is 0 Å². The molecule has 78 valence electrons. The van der Waals surface area contributed by atoms with Crippen LogP contribution >= 0.6 is 0 Å². The van der Waals surface area contributed by atoms with Crippen molar-refractivity contribution in [3.05, 3.63) is 0 Å². The van der Waals surface area contributed by atoms with Crippen molar-refractivity contribution in [2.24, 2.45) is 5.92 Å². The fourth-order valence-electron chi connectivity index (χ4n) is 2.55. The van der Waals surface area contributed by atoms with Gasteiger partial charge in [0.25, 0.3) is 0 Å². The summed E-state index contributed by atoms with van der Waals surface area (Å²) in [5.74, 6) is 0.674. The normalized spacial score (nSPS) is 29.3. The van der Waals surface area contributed by atoms with E-state index in [1.54, 1.807) is 0 Å². The summed E-state index contributed by atoms with van der Waals surface area (Å²) in [5.41, 5.74) is 0. The van der Waals surface area contributed by atoms with Gasteiger partial charge in [0.15, 0.2) is 5.78 Å². The molecule has 1 saturated heterocycles. The summed E-state index contributed by atoms with van der Waals surface area (Å²) < 4.78 is 0. The maximum Gasteiger partial charge on any atom is 0.228 e. The first-order chi connectivity index (χ1) is 6.75. The van der Waals surface area contributed by atoms with Crippen LogP contribution in [0.15, 0.2) is 0 Å². The molecule has 2 fully saturated rings. The molecular formula is C11H17NO2. The first-order valence-corrected chi connectivity index (χ1v) is 5.58. The molecule has 1 aliphatic carbocycles. The van der Waals surface area contributed by atoms with Gasteiger partial charge in [0.1, 0.15) is 0 Å². The highest BCUT2D eigenvalue weighted by Crippen LogP contribution is 2.28. The topological polar surface area (TPSA) is 46.2 Å². The lowest BCUT2D eigenvalue weighted by Gasteiger charge is -2.23. The molecule has 0 bridgehead atoms. The fraction of sp³-hybridized carbons (Fsp3) is 0.818. The SMILES string of the molecule is O=C1CC(=O)[C@H](CC2CCCCC2)N1. The van der Waals surface area contributed by atoms with Crippen LogP contribution in [0, 0.1) is 5.92 Å². The number of ketones is 1. The number of Topliss-reactive ketones (excluding diaryl/α,β-unsaturated/α-hetero) is 1. The number of carbonyl (C=O) groups excluding carboxylic acids is 2. The van der Waals surface area contributed by atoms with Crippen molar-refractivity contribution in [1.82, 2.24) is 5.32 Å². The van der Waals surface area contributed by atoms with E-state index in [0.717, 1.165) is 6.42 Å². The number of rotatable bonds is 2. The van der Waals surface area contributed by atoms with Gasteiger partial charge in [0.05, 0.1) is 12.5 Å². The second-order valence-electron chi connectivity index (χ2n) is 4.50. The van der Waals surface area contributed by atoms with Gasteiger partial charge in [0.2, 0.25) is 5.91 Å². The van der Waals surface area contributed by atoms with Crippen LogP contribution in [0.5, 0.6) is 0 Å². The second kappa shape index (κ2) is 4.11. The molecule has 14 heavy (non-hydrogen) atoms. The molecule has 1 saturated carbocycles. The molecule has 0 unspecified atom stereocenters. The van der Waals surface area contributed by atoms with Gasteiger partial charge >= 0.3 is 0 Å². The summed E-state index contributed by atoms with van der Waals surface area (Å²) in [6, 6.07) is -0.161.